The zero-order chi connectivity index (χ0) is 21.7. The molecule has 0 bridgehead atoms. The lowest BCUT2D eigenvalue weighted by atomic mass is 10.1. The molecule has 1 amide bonds. The van der Waals surface area contributed by atoms with Crippen LogP contribution in [0.2, 0.25) is 0 Å². The summed E-state index contributed by atoms with van der Waals surface area (Å²) in [6, 6.07) is 16.0. The van der Waals surface area contributed by atoms with Crippen LogP contribution in [0.1, 0.15) is 12.5 Å². The van der Waals surface area contributed by atoms with Gasteiger partial charge in [0.05, 0.1) is 11.9 Å². The summed E-state index contributed by atoms with van der Waals surface area (Å²) in [6.07, 6.45) is 1.11. The molecule has 1 aliphatic heterocycles. The molecule has 0 spiro atoms. The van der Waals surface area contributed by atoms with Crippen molar-refractivity contribution < 1.29 is 13.2 Å². The van der Waals surface area contributed by atoms with Gasteiger partial charge in [0.2, 0.25) is 15.9 Å². The molecule has 0 aromatic heterocycles. The lowest BCUT2D eigenvalue weighted by Crippen LogP contribution is -2.47. The SMILES string of the molecule is C[C@@H](C(=O)NCc1ccc(N2CCN(C)CC2)cc1)N(c1ccccc1)S(C)(=O)=O. The smallest absolute Gasteiger partial charge is 0.243 e. The number of rotatable bonds is 7. The van der Waals surface area contributed by atoms with E-state index in [1.165, 1.54) is 5.69 Å². The van der Waals surface area contributed by atoms with Crippen LogP contribution in [-0.2, 0) is 21.4 Å². The Kier molecular flexibility index (Phi) is 6.99. The van der Waals surface area contributed by atoms with Crippen molar-refractivity contribution in [2.75, 3.05) is 48.7 Å². The number of hydrogen-bond donors (Lipinski definition) is 1. The zero-order valence-corrected chi connectivity index (χ0v) is 18.6. The number of likely N-dealkylation sites (N-methyl/N-ethyl adjacent to an activating group) is 1. The summed E-state index contributed by atoms with van der Waals surface area (Å²) < 4.78 is 25.7. The van der Waals surface area contributed by atoms with E-state index in [9.17, 15) is 13.2 Å². The number of carbonyl (C=O) groups is 1. The van der Waals surface area contributed by atoms with Gasteiger partial charge in [-0.05, 0) is 43.8 Å². The van der Waals surface area contributed by atoms with Crippen LogP contribution in [0.5, 0.6) is 0 Å². The van der Waals surface area contributed by atoms with Crippen LogP contribution in [0.15, 0.2) is 54.6 Å². The second-order valence-electron chi connectivity index (χ2n) is 7.74. The molecule has 1 saturated heterocycles. The summed E-state index contributed by atoms with van der Waals surface area (Å²) in [5.74, 6) is -0.340. The van der Waals surface area contributed by atoms with Gasteiger partial charge in [-0.1, -0.05) is 30.3 Å². The van der Waals surface area contributed by atoms with Crippen LogP contribution in [-0.4, -0.2) is 64.7 Å². The van der Waals surface area contributed by atoms with Crippen molar-refractivity contribution in [3.05, 3.63) is 60.2 Å². The number of sulfonamides is 1. The molecule has 1 aliphatic rings. The van der Waals surface area contributed by atoms with E-state index in [0.29, 0.717) is 12.2 Å². The fourth-order valence-corrected chi connectivity index (χ4v) is 4.78. The standard InChI is InChI=1S/C22H30N4O3S/c1-18(26(30(3,28)29)21-7-5-4-6-8-21)22(27)23-17-19-9-11-20(12-10-19)25-15-13-24(2)14-16-25/h4-12,18H,13-17H2,1-3H3,(H,23,27)/t18-/m0/s1. The third-order valence-electron chi connectivity index (χ3n) is 5.37. The maximum absolute atomic E-state index is 12.7. The van der Waals surface area contributed by atoms with Gasteiger partial charge < -0.3 is 15.1 Å². The fourth-order valence-electron chi connectivity index (χ4n) is 3.61. The van der Waals surface area contributed by atoms with Gasteiger partial charge in [-0.3, -0.25) is 9.10 Å². The predicted octanol–water partition coefficient (Wildman–Crippen LogP) is 1.91. The van der Waals surface area contributed by atoms with E-state index in [2.05, 4.69) is 34.3 Å². The summed E-state index contributed by atoms with van der Waals surface area (Å²) in [7, 11) is -1.47. The zero-order valence-electron chi connectivity index (χ0n) is 17.8. The minimum Gasteiger partial charge on any atom is -0.369 e. The van der Waals surface area contributed by atoms with Crippen LogP contribution in [0, 0.1) is 0 Å². The van der Waals surface area contributed by atoms with Crippen molar-refractivity contribution in [1.29, 1.82) is 0 Å². The predicted molar refractivity (Wildman–Crippen MR) is 121 cm³/mol. The van der Waals surface area contributed by atoms with Crippen molar-refractivity contribution in [2.45, 2.75) is 19.5 Å². The van der Waals surface area contributed by atoms with E-state index in [-0.39, 0.29) is 5.91 Å². The van der Waals surface area contributed by atoms with Crippen molar-refractivity contribution in [2.24, 2.45) is 0 Å². The van der Waals surface area contributed by atoms with Gasteiger partial charge in [-0.15, -0.1) is 0 Å². The normalized spacial score (nSPS) is 16.2. The molecule has 0 saturated carbocycles. The third kappa shape index (κ3) is 5.52. The molecule has 1 N–H and O–H groups in total. The number of piperazine rings is 1. The van der Waals surface area contributed by atoms with Gasteiger partial charge in [-0.2, -0.15) is 0 Å². The number of amides is 1. The average molecular weight is 431 g/mol. The Morgan fingerprint density at radius 3 is 2.20 bits per heavy atom. The number of para-hydroxylation sites is 1. The molecule has 8 heteroatoms. The van der Waals surface area contributed by atoms with Crippen molar-refractivity contribution in [3.63, 3.8) is 0 Å². The Balaban J connectivity index is 1.61. The highest BCUT2D eigenvalue weighted by Crippen LogP contribution is 2.21. The van der Waals surface area contributed by atoms with E-state index in [1.54, 1.807) is 37.3 Å². The first-order chi connectivity index (χ1) is 14.3. The number of benzene rings is 2. The summed E-state index contributed by atoms with van der Waals surface area (Å²) >= 11 is 0. The molecule has 1 atom stereocenters. The number of hydrogen-bond acceptors (Lipinski definition) is 5. The molecule has 2 aromatic rings. The molecule has 0 unspecified atom stereocenters. The van der Waals surface area contributed by atoms with Gasteiger partial charge in [-0.25, -0.2) is 8.42 Å². The molecular formula is C22H30N4O3S. The van der Waals surface area contributed by atoms with E-state index in [0.717, 1.165) is 42.3 Å². The molecule has 1 fully saturated rings. The Hall–Kier alpha value is -2.58. The highest BCUT2D eigenvalue weighted by Gasteiger charge is 2.28. The Labute approximate surface area is 179 Å². The van der Waals surface area contributed by atoms with E-state index < -0.39 is 16.1 Å². The monoisotopic (exact) mass is 430 g/mol. The van der Waals surface area contributed by atoms with Crippen molar-refractivity contribution in [3.8, 4) is 0 Å². The third-order valence-corrected chi connectivity index (χ3v) is 6.61. The largest absolute Gasteiger partial charge is 0.369 e. The minimum absolute atomic E-state index is 0.340. The minimum atomic E-state index is -3.60. The fraction of sp³-hybridized carbons (Fsp3) is 0.409. The molecule has 0 aliphatic carbocycles. The Bertz CT molecular complexity index is 940. The number of carbonyl (C=O) groups excluding carboxylic acids is 1. The summed E-state index contributed by atoms with van der Waals surface area (Å²) in [4.78, 5) is 17.4. The van der Waals surface area contributed by atoms with Crippen LogP contribution < -0.4 is 14.5 Å². The van der Waals surface area contributed by atoms with Crippen molar-refractivity contribution in [1.82, 2.24) is 10.2 Å². The molecule has 3 rings (SSSR count). The first-order valence-electron chi connectivity index (χ1n) is 10.1. The van der Waals surface area contributed by atoms with E-state index in [1.807, 2.05) is 12.1 Å². The lowest BCUT2D eigenvalue weighted by molar-refractivity contribution is -0.122. The maximum atomic E-state index is 12.7. The van der Waals surface area contributed by atoms with Gasteiger partial charge in [0.15, 0.2) is 0 Å². The molecule has 162 valence electrons. The number of nitrogens with zero attached hydrogens (tertiary/aromatic N) is 3. The van der Waals surface area contributed by atoms with Gasteiger partial charge >= 0.3 is 0 Å². The quantitative estimate of drug-likeness (QED) is 0.727. The van der Waals surface area contributed by atoms with Crippen molar-refractivity contribution >= 4 is 27.3 Å². The lowest BCUT2D eigenvalue weighted by Gasteiger charge is -2.34. The van der Waals surface area contributed by atoms with E-state index >= 15 is 0 Å². The van der Waals surface area contributed by atoms with Crippen LogP contribution >= 0.6 is 0 Å². The van der Waals surface area contributed by atoms with Crippen LogP contribution in [0.3, 0.4) is 0 Å². The molecular weight excluding hydrogens is 400 g/mol. The van der Waals surface area contributed by atoms with Gasteiger partial charge in [0.25, 0.3) is 0 Å². The Morgan fingerprint density at radius 1 is 1.03 bits per heavy atom. The molecule has 1 heterocycles. The Morgan fingerprint density at radius 2 is 1.63 bits per heavy atom. The molecule has 0 radical (unpaired) electrons. The van der Waals surface area contributed by atoms with E-state index in [4.69, 9.17) is 0 Å². The van der Waals surface area contributed by atoms with Crippen LogP contribution in [0.25, 0.3) is 0 Å². The summed E-state index contributed by atoms with van der Waals surface area (Å²) in [5, 5.41) is 2.86. The number of anilines is 2. The first kappa shape index (κ1) is 22.1. The molecule has 30 heavy (non-hydrogen) atoms. The second-order valence-corrected chi connectivity index (χ2v) is 9.60. The first-order valence-corrected chi connectivity index (χ1v) is 11.9. The van der Waals surface area contributed by atoms with Gasteiger partial charge in [0, 0.05) is 38.4 Å². The maximum Gasteiger partial charge on any atom is 0.243 e. The topological polar surface area (TPSA) is 73.0 Å². The second kappa shape index (κ2) is 9.49. The highest BCUT2D eigenvalue weighted by atomic mass is 32.2. The average Bonchev–Trinajstić information content (AvgIpc) is 2.73. The highest BCUT2D eigenvalue weighted by molar-refractivity contribution is 7.92. The summed E-state index contributed by atoms with van der Waals surface area (Å²) in [6.45, 7) is 6.05. The van der Waals surface area contributed by atoms with Gasteiger partial charge in [0.1, 0.15) is 6.04 Å². The number of nitrogens with one attached hydrogen (secondary N) is 1. The summed E-state index contributed by atoms with van der Waals surface area (Å²) in [5.41, 5.74) is 2.62. The molecule has 2 aromatic carbocycles. The van der Waals surface area contributed by atoms with Crippen LogP contribution in [0.4, 0.5) is 11.4 Å². The molecule has 7 nitrogen and oxygen atoms in total.